The van der Waals surface area contributed by atoms with Gasteiger partial charge < -0.3 is 9.94 Å². The highest BCUT2D eigenvalue weighted by Crippen LogP contribution is 2.47. The van der Waals surface area contributed by atoms with Crippen molar-refractivity contribution in [2.45, 2.75) is 72.6 Å². The second-order valence-electron chi connectivity index (χ2n) is 8.15. The van der Waals surface area contributed by atoms with Crippen molar-refractivity contribution >= 4 is 11.5 Å². The smallest absolute Gasteiger partial charge is 0.168 e. The molecule has 1 N–H and O–H groups in total. The summed E-state index contributed by atoms with van der Waals surface area (Å²) < 4.78 is 0. The number of hydrogen-bond donors (Lipinski definition) is 1. The number of aliphatic hydroxyl groups is 1. The minimum absolute atomic E-state index is 0.0187. The molecular weight excluding hydrogens is 326 g/mol. The Morgan fingerprint density at radius 2 is 2.15 bits per heavy atom. The molecule has 26 heavy (non-hydrogen) atoms. The zero-order valence-electron chi connectivity index (χ0n) is 16.7. The van der Waals surface area contributed by atoms with Crippen molar-refractivity contribution in [3.05, 3.63) is 35.1 Å². The fourth-order valence-corrected chi connectivity index (χ4v) is 4.59. The number of aliphatic hydroxyl groups excluding tert-OH is 1. The summed E-state index contributed by atoms with van der Waals surface area (Å²) in [6.45, 7) is 12.6. The number of hydrogen-bond acceptors (Lipinski definition) is 4. The largest absolute Gasteiger partial charge is 0.511 e. The summed E-state index contributed by atoms with van der Waals surface area (Å²) in [5.74, 6) is 0.246. The lowest BCUT2D eigenvalue weighted by atomic mass is 9.65. The van der Waals surface area contributed by atoms with Gasteiger partial charge in [0.25, 0.3) is 0 Å². The second-order valence-corrected chi connectivity index (χ2v) is 8.15. The predicted octanol–water partition coefficient (Wildman–Crippen LogP) is 5.66. The Hall–Kier alpha value is -1.84. The summed E-state index contributed by atoms with van der Waals surface area (Å²) >= 11 is 0. The maximum absolute atomic E-state index is 12.9. The Balaban J connectivity index is 2.33. The Morgan fingerprint density at radius 3 is 2.73 bits per heavy atom. The van der Waals surface area contributed by atoms with Crippen LogP contribution in [-0.2, 0) is 9.63 Å². The molecule has 1 atom stereocenters. The van der Waals surface area contributed by atoms with Crippen LogP contribution in [0.25, 0.3) is 0 Å². The van der Waals surface area contributed by atoms with Crippen molar-refractivity contribution in [2.75, 3.05) is 6.61 Å². The molecule has 0 amide bonds. The first kappa shape index (κ1) is 20.5. The van der Waals surface area contributed by atoms with Gasteiger partial charge in [0.1, 0.15) is 12.4 Å². The zero-order chi connectivity index (χ0) is 19.3. The van der Waals surface area contributed by atoms with Crippen LogP contribution in [0.5, 0.6) is 0 Å². The molecule has 2 aliphatic carbocycles. The number of nitrogens with zero attached hydrogens (tertiary/aromatic N) is 1. The van der Waals surface area contributed by atoms with E-state index in [2.05, 4.69) is 32.5 Å². The average molecular weight is 360 g/mol. The van der Waals surface area contributed by atoms with Gasteiger partial charge in [0.2, 0.25) is 0 Å². The Kier molecular flexibility index (Phi) is 6.85. The summed E-state index contributed by atoms with van der Waals surface area (Å²) in [4.78, 5) is 18.1. The molecule has 0 aromatic heterocycles. The summed E-state index contributed by atoms with van der Waals surface area (Å²) in [7, 11) is 0. The third-order valence-corrected chi connectivity index (χ3v) is 5.53. The molecule has 4 nitrogen and oxygen atoms in total. The van der Waals surface area contributed by atoms with Gasteiger partial charge in [0, 0.05) is 12.8 Å². The fraction of sp³-hybridized carbons (Fsp3) is 0.636. The van der Waals surface area contributed by atoms with Crippen LogP contribution in [0.2, 0.25) is 0 Å². The van der Waals surface area contributed by atoms with Gasteiger partial charge in [-0.2, -0.15) is 0 Å². The van der Waals surface area contributed by atoms with Gasteiger partial charge >= 0.3 is 0 Å². The van der Waals surface area contributed by atoms with Gasteiger partial charge in [-0.15, -0.1) is 0 Å². The van der Waals surface area contributed by atoms with Crippen molar-refractivity contribution in [1.29, 1.82) is 0 Å². The molecule has 2 aliphatic rings. The van der Waals surface area contributed by atoms with Crippen LogP contribution in [0.1, 0.15) is 72.6 Å². The van der Waals surface area contributed by atoms with E-state index in [4.69, 9.17) is 4.84 Å². The molecule has 0 saturated heterocycles. The maximum Gasteiger partial charge on any atom is 0.168 e. The SMILES string of the molecule is C=CCON=C(CCC)C1=C(O)CC(C2=C(C)CCCC2(C)C)CC1=O. The fourth-order valence-electron chi connectivity index (χ4n) is 4.59. The van der Waals surface area contributed by atoms with Crippen LogP contribution in [0.3, 0.4) is 0 Å². The highest BCUT2D eigenvalue weighted by molar-refractivity contribution is 6.23. The van der Waals surface area contributed by atoms with E-state index in [0.29, 0.717) is 37.2 Å². The molecule has 0 aromatic rings. The molecule has 0 aliphatic heterocycles. The van der Waals surface area contributed by atoms with E-state index in [1.54, 1.807) is 6.08 Å². The lowest BCUT2D eigenvalue weighted by Gasteiger charge is -2.40. The van der Waals surface area contributed by atoms with Crippen molar-refractivity contribution < 1.29 is 14.7 Å². The quantitative estimate of drug-likeness (QED) is 0.276. The number of ketones is 1. The van der Waals surface area contributed by atoms with Crippen molar-refractivity contribution in [1.82, 2.24) is 0 Å². The summed E-state index contributed by atoms with van der Waals surface area (Å²) in [5.41, 5.74) is 3.80. The Labute approximate surface area is 157 Å². The van der Waals surface area contributed by atoms with E-state index in [0.717, 1.165) is 19.3 Å². The van der Waals surface area contributed by atoms with E-state index in [9.17, 15) is 9.90 Å². The third kappa shape index (κ3) is 4.46. The molecular formula is C22H33NO3. The van der Waals surface area contributed by atoms with Crippen LogP contribution in [0.15, 0.2) is 40.3 Å². The molecule has 1 unspecified atom stereocenters. The van der Waals surface area contributed by atoms with E-state index in [1.807, 2.05) is 6.92 Å². The van der Waals surface area contributed by atoms with Crippen LogP contribution < -0.4 is 0 Å². The highest BCUT2D eigenvalue weighted by atomic mass is 16.6. The second kappa shape index (κ2) is 8.70. The summed E-state index contributed by atoms with van der Waals surface area (Å²) in [6.07, 6.45) is 7.45. The molecule has 0 aromatic carbocycles. The molecule has 144 valence electrons. The monoisotopic (exact) mass is 359 g/mol. The molecule has 0 fully saturated rings. The zero-order valence-corrected chi connectivity index (χ0v) is 16.7. The van der Waals surface area contributed by atoms with Crippen LogP contribution in [0, 0.1) is 11.3 Å². The van der Waals surface area contributed by atoms with E-state index in [1.165, 1.54) is 17.6 Å². The molecule has 2 rings (SSSR count). The molecule has 0 bridgehead atoms. The minimum atomic E-state index is -0.0187. The number of carbonyl (C=O) groups excluding carboxylic acids is 1. The van der Waals surface area contributed by atoms with Crippen molar-refractivity contribution in [2.24, 2.45) is 16.5 Å². The summed E-state index contributed by atoms with van der Waals surface area (Å²) in [5, 5.41) is 14.8. The lowest BCUT2D eigenvalue weighted by Crippen LogP contribution is -2.32. The van der Waals surface area contributed by atoms with Crippen LogP contribution in [-0.4, -0.2) is 23.2 Å². The predicted molar refractivity (Wildman–Crippen MR) is 106 cm³/mol. The van der Waals surface area contributed by atoms with Gasteiger partial charge in [-0.1, -0.05) is 56.1 Å². The first-order chi connectivity index (χ1) is 12.3. The highest BCUT2D eigenvalue weighted by Gasteiger charge is 2.39. The van der Waals surface area contributed by atoms with Gasteiger partial charge in [-0.25, -0.2) is 0 Å². The van der Waals surface area contributed by atoms with Gasteiger partial charge in [-0.3, -0.25) is 4.79 Å². The number of carbonyl (C=O) groups is 1. The molecule has 0 radical (unpaired) electrons. The van der Waals surface area contributed by atoms with Crippen LogP contribution >= 0.6 is 0 Å². The van der Waals surface area contributed by atoms with Gasteiger partial charge in [-0.05, 0) is 43.9 Å². The van der Waals surface area contributed by atoms with E-state index in [-0.39, 0.29) is 22.9 Å². The first-order valence-corrected chi connectivity index (χ1v) is 9.77. The number of rotatable bonds is 7. The molecule has 4 heteroatoms. The summed E-state index contributed by atoms with van der Waals surface area (Å²) in [6, 6.07) is 0. The maximum atomic E-state index is 12.9. The normalized spacial score (nSPS) is 24.1. The number of allylic oxidation sites excluding steroid dienone is 4. The Morgan fingerprint density at radius 1 is 1.42 bits per heavy atom. The molecule has 0 heterocycles. The number of Topliss-reactive ketones (excluding diaryl/α,β-unsaturated/α-hetero) is 1. The lowest BCUT2D eigenvalue weighted by molar-refractivity contribution is -0.116. The first-order valence-electron chi connectivity index (χ1n) is 9.77. The van der Waals surface area contributed by atoms with Crippen LogP contribution in [0.4, 0.5) is 0 Å². The standard InChI is InChI=1S/C22H33NO3/c1-6-9-17(23-26-12-7-2)20-18(24)13-16(14-19(20)25)21-15(3)10-8-11-22(21,4)5/h7,16,24H,2,6,8-14H2,1,3-5H3. The van der Waals surface area contributed by atoms with E-state index >= 15 is 0 Å². The average Bonchev–Trinajstić information content (AvgIpc) is 2.53. The van der Waals surface area contributed by atoms with E-state index < -0.39 is 0 Å². The Bertz CT molecular complexity index is 652. The topological polar surface area (TPSA) is 58.9 Å². The van der Waals surface area contributed by atoms with Crippen molar-refractivity contribution in [3.8, 4) is 0 Å². The van der Waals surface area contributed by atoms with Gasteiger partial charge in [0.05, 0.1) is 11.3 Å². The molecule has 0 saturated carbocycles. The van der Waals surface area contributed by atoms with Gasteiger partial charge in [0.15, 0.2) is 5.78 Å². The minimum Gasteiger partial charge on any atom is -0.511 e. The molecule has 0 spiro atoms. The van der Waals surface area contributed by atoms with Crippen molar-refractivity contribution in [3.63, 3.8) is 0 Å². The third-order valence-electron chi connectivity index (χ3n) is 5.53. The number of oxime groups is 1.